The second-order valence-electron chi connectivity index (χ2n) is 10.9. The SMILES string of the molecule is CCc1nc2ccc(C3CCN(C(CN4CCOCC4)S(=O)[O-])CC3)cn2c1N(C)c1nc(-c2ccc(F)cc2)cs1. The summed E-state index contributed by atoms with van der Waals surface area (Å²) in [5, 5.41) is 2.33. The molecule has 0 radical (unpaired) electrons. The topological polar surface area (TPSA) is 89.3 Å². The molecule has 0 aliphatic carbocycles. The Labute approximate surface area is 252 Å². The van der Waals surface area contributed by atoms with Crippen molar-refractivity contribution in [1.29, 1.82) is 0 Å². The van der Waals surface area contributed by atoms with E-state index < -0.39 is 16.5 Å². The van der Waals surface area contributed by atoms with Crippen molar-refractivity contribution in [3.8, 4) is 11.3 Å². The number of nitrogens with zero attached hydrogens (tertiary/aromatic N) is 6. The molecule has 12 heteroatoms. The molecule has 2 saturated heterocycles. The molecule has 2 fully saturated rings. The van der Waals surface area contributed by atoms with E-state index in [2.05, 4.69) is 44.4 Å². The fourth-order valence-electron chi connectivity index (χ4n) is 6.02. The number of ether oxygens (including phenoxy) is 1. The van der Waals surface area contributed by atoms with E-state index in [1.165, 1.54) is 17.7 Å². The molecule has 2 aliphatic heterocycles. The summed E-state index contributed by atoms with van der Waals surface area (Å²) in [6, 6.07) is 10.6. The quantitative estimate of drug-likeness (QED) is 0.253. The van der Waals surface area contributed by atoms with Crippen molar-refractivity contribution >= 4 is 39.0 Å². The van der Waals surface area contributed by atoms with Crippen LogP contribution in [-0.2, 0) is 22.2 Å². The third-order valence-electron chi connectivity index (χ3n) is 8.41. The monoisotopic (exact) mass is 611 g/mol. The van der Waals surface area contributed by atoms with Crippen LogP contribution in [0.4, 0.5) is 15.3 Å². The Balaban J connectivity index is 1.20. The molecule has 9 nitrogen and oxygen atoms in total. The third-order valence-corrected chi connectivity index (χ3v) is 10.2. The van der Waals surface area contributed by atoms with E-state index in [0.29, 0.717) is 25.7 Å². The molecule has 42 heavy (non-hydrogen) atoms. The molecule has 0 spiro atoms. The van der Waals surface area contributed by atoms with Gasteiger partial charge < -0.3 is 14.2 Å². The van der Waals surface area contributed by atoms with E-state index in [1.54, 1.807) is 23.5 Å². The minimum Gasteiger partial charge on any atom is -0.771 e. The number of morpholine rings is 1. The molecule has 4 aromatic rings. The number of aromatic nitrogens is 3. The second-order valence-corrected chi connectivity index (χ2v) is 12.8. The lowest BCUT2D eigenvalue weighted by atomic mass is 9.90. The molecule has 1 aromatic carbocycles. The average Bonchev–Trinajstić information content (AvgIpc) is 3.65. The first kappa shape index (κ1) is 29.3. The fourth-order valence-corrected chi connectivity index (χ4v) is 7.61. The number of thiazole rings is 1. The largest absolute Gasteiger partial charge is 0.771 e. The molecule has 0 amide bonds. The molecule has 2 unspecified atom stereocenters. The zero-order valence-electron chi connectivity index (χ0n) is 23.9. The molecule has 2 aliphatic rings. The molecule has 0 saturated carbocycles. The molecule has 224 valence electrons. The third kappa shape index (κ3) is 6.15. The Morgan fingerprint density at radius 2 is 1.86 bits per heavy atom. The Morgan fingerprint density at radius 1 is 1.12 bits per heavy atom. The fraction of sp³-hybridized carbons (Fsp3) is 0.467. The number of hydrogen-bond donors (Lipinski definition) is 0. The van der Waals surface area contributed by atoms with E-state index in [-0.39, 0.29) is 5.82 Å². The normalized spacial score (nSPS) is 18.9. The van der Waals surface area contributed by atoms with Gasteiger partial charge in [0.25, 0.3) is 0 Å². The zero-order valence-corrected chi connectivity index (χ0v) is 25.6. The van der Waals surface area contributed by atoms with E-state index in [4.69, 9.17) is 14.7 Å². The smallest absolute Gasteiger partial charge is 0.191 e. The second kappa shape index (κ2) is 12.9. The molecule has 5 heterocycles. The van der Waals surface area contributed by atoms with Crippen LogP contribution in [0.3, 0.4) is 0 Å². The van der Waals surface area contributed by atoms with Crippen molar-refractivity contribution in [2.24, 2.45) is 0 Å². The van der Waals surface area contributed by atoms with Crippen LogP contribution in [0.1, 0.15) is 36.9 Å². The maximum atomic E-state index is 13.4. The minimum atomic E-state index is -2.16. The predicted molar refractivity (Wildman–Crippen MR) is 164 cm³/mol. The lowest BCUT2D eigenvalue weighted by Crippen LogP contribution is -2.51. The van der Waals surface area contributed by atoms with E-state index >= 15 is 0 Å². The number of rotatable bonds is 9. The number of likely N-dealkylation sites (tertiary alicyclic amines) is 1. The van der Waals surface area contributed by atoms with Gasteiger partial charge in [-0.05, 0) is 85.2 Å². The van der Waals surface area contributed by atoms with Gasteiger partial charge >= 0.3 is 0 Å². The number of halogens is 1. The molecular weight excluding hydrogens is 576 g/mol. The zero-order chi connectivity index (χ0) is 29.2. The van der Waals surface area contributed by atoms with Crippen LogP contribution in [0.15, 0.2) is 48.0 Å². The first-order valence-electron chi connectivity index (χ1n) is 14.5. The highest BCUT2D eigenvalue weighted by atomic mass is 32.2. The van der Waals surface area contributed by atoms with Crippen LogP contribution in [-0.4, -0.2) is 91.3 Å². The van der Waals surface area contributed by atoms with Crippen molar-refractivity contribution < 1.29 is 17.9 Å². The summed E-state index contributed by atoms with van der Waals surface area (Å²) in [6.07, 6.45) is 4.77. The summed E-state index contributed by atoms with van der Waals surface area (Å²) in [4.78, 5) is 16.2. The number of benzene rings is 1. The highest BCUT2D eigenvalue weighted by Crippen LogP contribution is 2.35. The van der Waals surface area contributed by atoms with Gasteiger partial charge in [-0.25, -0.2) is 14.4 Å². The highest BCUT2D eigenvalue weighted by Gasteiger charge is 2.29. The molecule has 3 aromatic heterocycles. The number of hydrogen-bond acceptors (Lipinski definition) is 9. The number of piperidine rings is 1. The molecule has 0 N–H and O–H groups in total. The van der Waals surface area contributed by atoms with Crippen LogP contribution >= 0.6 is 11.3 Å². The summed E-state index contributed by atoms with van der Waals surface area (Å²) in [7, 11) is 2.01. The summed E-state index contributed by atoms with van der Waals surface area (Å²) < 4.78 is 45.4. The minimum absolute atomic E-state index is 0.265. The summed E-state index contributed by atoms with van der Waals surface area (Å²) in [6.45, 7) is 6.99. The Hall–Kier alpha value is -2.74. The van der Waals surface area contributed by atoms with Gasteiger partial charge in [-0.3, -0.25) is 18.4 Å². The molecule has 0 bridgehead atoms. The summed E-state index contributed by atoms with van der Waals surface area (Å²) in [5.74, 6) is 1.06. The van der Waals surface area contributed by atoms with Crippen molar-refractivity contribution in [2.45, 2.75) is 37.5 Å². The Bertz CT molecular complexity index is 1530. The number of pyridine rings is 1. The molecular formula is C30H36FN6O3S2-. The lowest BCUT2D eigenvalue weighted by Gasteiger charge is -2.41. The first-order valence-corrected chi connectivity index (χ1v) is 16.5. The number of anilines is 2. The summed E-state index contributed by atoms with van der Waals surface area (Å²) >= 11 is -0.614. The Kier molecular flexibility index (Phi) is 8.98. The van der Waals surface area contributed by atoms with Crippen molar-refractivity contribution in [3.05, 3.63) is 65.0 Å². The van der Waals surface area contributed by atoms with Crippen LogP contribution in [0, 0.1) is 5.82 Å². The number of fused-ring (bicyclic) bond motifs is 1. The van der Waals surface area contributed by atoms with Crippen LogP contribution < -0.4 is 4.90 Å². The highest BCUT2D eigenvalue weighted by molar-refractivity contribution is 7.79. The summed E-state index contributed by atoms with van der Waals surface area (Å²) in [5.41, 5.74) is 4.80. The van der Waals surface area contributed by atoms with E-state index in [1.807, 2.05) is 12.4 Å². The predicted octanol–water partition coefficient (Wildman–Crippen LogP) is 4.64. The Morgan fingerprint density at radius 3 is 2.55 bits per heavy atom. The number of aryl methyl sites for hydroxylation is 1. The van der Waals surface area contributed by atoms with Gasteiger partial charge in [-0.2, -0.15) is 0 Å². The van der Waals surface area contributed by atoms with Gasteiger partial charge in [0.2, 0.25) is 0 Å². The van der Waals surface area contributed by atoms with E-state index in [9.17, 15) is 13.2 Å². The van der Waals surface area contributed by atoms with Crippen LogP contribution in [0.25, 0.3) is 16.9 Å². The van der Waals surface area contributed by atoms with Crippen molar-refractivity contribution in [3.63, 3.8) is 0 Å². The first-order chi connectivity index (χ1) is 20.4. The van der Waals surface area contributed by atoms with Gasteiger partial charge in [0.1, 0.15) is 17.3 Å². The molecule has 6 rings (SSSR count). The maximum absolute atomic E-state index is 13.4. The average molecular weight is 612 g/mol. The van der Waals surface area contributed by atoms with Crippen LogP contribution in [0.2, 0.25) is 0 Å². The van der Waals surface area contributed by atoms with Gasteiger partial charge in [0.05, 0.1) is 30.0 Å². The lowest BCUT2D eigenvalue weighted by molar-refractivity contribution is 0.0280. The van der Waals surface area contributed by atoms with Crippen LogP contribution in [0.5, 0.6) is 0 Å². The van der Waals surface area contributed by atoms with Crippen molar-refractivity contribution in [2.75, 3.05) is 57.9 Å². The van der Waals surface area contributed by atoms with Crippen molar-refractivity contribution in [1.82, 2.24) is 24.2 Å². The van der Waals surface area contributed by atoms with E-state index in [0.717, 1.165) is 79.0 Å². The van der Waals surface area contributed by atoms with Gasteiger partial charge in [-0.15, -0.1) is 11.3 Å². The van der Waals surface area contributed by atoms with Gasteiger partial charge in [0.15, 0.2) is 5.13 Å². The maximum Gasteiger partial charge on any atom is 0.191 e. The standard InChI is InChI=1S/C30H37FN6O3S2/c1-3-25-29(34(2)30-33-26(20-41-30)22-4-7-24(31)8-5-22)37-18-23(6-9-27(37)32-25)21-10-12-36(13-11-21)28(42(38)39)19-35-14-16-40-17-15-35/h4-9,18,20-21,28H,3,10-17,19H2,1-2H3,(H,38,39)/p-1. The van der Waals surface area contributed by atoms with Gasteiger partial charge in [-0.1, -0.05) is 13.0 Å². The number of imidazole rings is 1. The molecule has 2 atom stereocenters. The van der Waals surface area contributed by atoms with Gasteiger partial charge in [0, 0.05) is 43.8 Å².